The van der Waals surface area contributed by atoms with Crippen molar-refractivity contribution < 1.29 is 0 Å². The smallest absolute Gasteiger partial charge is 0.0599 e. The zero-order chi connectivity index (χ0) is 8.97. The van der Waals surface area contributed by atoms with Crippen LogP contribution in [0.1, 0.15) is 4.88 Å². The van der Waals surface area contributed by atoms with Gasteiger partial charge in [-0.15, -0.1) is 17.8 Å². The zero-order valence-electron chi connectivity index (χ0n) is 6.88. The highest BCUT2D eigenvalue weighted by Crippen LogP contribution is 2.22. The maximum Gasteiger partial charge on any atom is 0.0599 e. The normalized spacial score (nSPS) is 10.2. The molecule has 0 saturated heterocycles. The van der Waals surface area contributed by atoms with Gasteiger partial charge in [0, 0.05) is 11.4 Å². The summed E-state index contributed by atoms with van der Waals surface area (Å²) in [6.07, 6.45) is 5.18. The first-order chi connectivity index (χ1) is 5.74. The molecule has 1 aromatic heterocycles. The summed E-state index contributed by atoms with van der Waals surface area (Å²) < 4.78 is 0. The Labute approximate surface area is 82.0 Å². The molecule has 0 saturated carbocycles. The number of halogens is 1. The molecule has 1 rings (SSSR count). The minimum absolute atomic E-state index is 0.661. The topological polar surface area (TPSA) is 3.24 Å². The molecule has 3 heteroatoms. The molecule has 1 nitrogen and oxygen atoms in total. The highest BCUT2D eigenvalue weighted by Gasteiger charge is 2.03. The maximum absolute atomic E-state index is 5.92. The number of nitrogens with zero attached hydrogens (tertiary/aromatic N) is 1. The summed E-state index contributed by atoms with van der Waals surface area (Å²) in [6, 6.07) is 1.91. The van der Waals surface area contributed by atoms with Crippen molar-refractivity contribution >= 4 is 22.9 Å². The Bertz CT molecular complexity index is 287. The first-order valence-electron chi connectivity index (χ1n) is 3.58. The van der Waals surface area contributed by atoms with E-state index in [2.05, 4.69) is 10.8 Å². The summed E-state index contributed by atoms with van der Waals surface area (Å²) in [7, 11) is 1.98. The summed E-state index contributed by atoms with van der Waals surface area (Å²) in [4.78, 5) is 3.23. The van der Waals surface area contributed by atoms with E-state index >= 15 is 0 Å². The van der Waals surface area contributed by atoms with E-state index in [1.54, 1.807) is 11.3 Å². The molecular weight excluding hydrogens is 190 g/mol. The van der Waals surface area contributed by atoms with Gasteiger partial charge < -0.3 is 0 Å². The number of hydrogen-bond donors (Lipinski definition) is 0. The molecule has 0 amide bonds. The van der Waals surface area contributed by atoms with Crippen molar-refractivity contribution in [2.75, 3.05) is 13.6 Å². The first kappa shape index (κ1) is 9.60. The van der Waals surface area contributed by atoms with E-state index in [1.807, 2.05) is 18.5 Å². The molecule has 0 atom stereocenters. The van der Waals surface area contributed by atoms with Crippen LogP contribution in [0, 0.1) is 12.3 Å². The molecule has 1 heterocycles. The van der Waals surface area contributed by atoms with E-state index < -0.39 is 0 Å². The van der Waals surface area contributed by atoms with E-state index in [9.17, 15) is 0 Å². The largest absolute Gasteiger partial charge is 0.290 e. The lowest BCUT2D eigenvalue weighted by Crippen LogP contribution is -2.17. The third-order valence-corrected chi connectivity index (χ3v) is 2.84. The van der Waals surface area contributed by atoms with E-state index in [0.717, 1.165) is 11.6 Å². The monoisotopic (exact) mass is 199 g/mol. The molecular formula is C9H10ClNS. The maximum atomic E-state index is 5.92. The molecule has 0 fully saturated rings. The Morgan fingerprint density at radius 3 is 3.00 bits per heavy atom. The van der Waals surface area contributed by atoms with Crippen molar-refractivity contribution in [1.29, 1.82) is 0 Å². The van der Waals surface area contributed by atoms with Gasteiger partial charge in [0.2, 0.25) is 0 Å². The van der Waals surface area contributed by atoms with Crippen LogP contribution in [0.15, 0.2) is 11.4 Å². The second-order valence-electron chi connectivity index (χ2n) is 2.57. The third kappa shape index (κ3) is 2.53. The first-order valence-corrected chi connectivity index (χ1v) is 4.83. The second-order valence-corrected chi connectivity index (χ2v) is 3.98. The Morgan fingerprint density at radius 2 is 2.50 bits per heavy atom. The van der Waals surface area contributed by atoms with Gasteiger partial charge in [0.15, 0.2) is 0 Å². The number of hydrogen-bond acceptors (Lipinski definition) is 2. The van der Waals surface area contributed by atoms with Crippen molar-refractivity contribution in [3.63, 3.8) is 0 Å². The van der Waals surface area contributed by atoms with Crippen LogP contribution in [0.3, 0.4) is 0 Å². The lowest BCUT2D eigenvalue weighted by atomic mass is 10.4. The van der Waals surface area contributed by atoms with Gasteiger partial charge in [-0.05, 0) is 18.5 Å². The Morgan fingerprint density at radius 1 is 1.75 bits per heavy atom. The molecule has 0 N–H and O–H groups in total. The van der Waals surface area contributed by atoms with Crippen molar-refractivity contribution in [3.05, 3.63) is 21.3 Å². The van der Waals surface area contributed by atoms with Crippen LogP contribution < -0.4 is 0 Å². The zero-order valence-corrected chi connectivity index (χ0v) is 8.45. The molecule has 1 aromatic rings. The standard InChI is InChI=1S/C9H10ClNS/c1-3-5-11(2)7-9-8(10)4-6-12-9/h1,4,6H,5,7H2,2H3. The number of thiophene rings is 1. The minimum Gasteiger partial charge on any atom is -0.290 e. The van der Waals surface area contributed by atoms with Gasteiger partial charge in [0.05, 0.1) is 11.6 Å². The minimum atomic E-state index is 0.661. The average molecular weight is 200 g/mol. The van der Waals surface area contributed by atoms with Gasteiger partial charge in [-0.1, -0.05) is 17.5 Å². The van der Waals surface area contributed by atoms with Crippen LogP contribution in [-0.4, -0.2) is 18.5 Å². The molecule has 0 bridgehead atoms. The molecule has 0 spiro atoms. The van der Waals surface area contributed by atoms with Gasteiger partial charge in [0.25, 0.3) is 0 Å². The van der Waals surface area contributed by atoms with Crippen LogP contribution in [0.4, 0.5) is 0 Å². The second kappa shape index (κ2) is 4.51. The third-order valence-electron chi connectivity index (χ3n) is 1.47. The van der Waals surface area contributed by atoms with Crippen molar-refractivity contribution in [1.82, 2.24) is 4.90 Å². The van der Waals surface area contributed by atoms with Gasteiger partial charge in [-0.3, -0.25) is 4.90 Å². The number of rotatable bonds is 3. The quantitative estimate of drug-likeness (QED) is 0.677. The highest BCUT2D eigenvalue weighted by molar-refractivity contribution is 7.10. The van der Waals surface area contributed by atoms with Crippen LogP contribution in [0.2, 0.25) is 5.02 Å². The Balaban J connectivity index is 2.53. The molecule has 64 valence electrons. The Kier molecular flexibility index (Phi) is 3.61. The van der Waals surface area contributed by atoms with Crippen LogP contribution in [0.25, 0.3) is 0 Å². The van der Waals surface area contributed by atoms with Gasteiger partial charge in [0.1, 0.15) is 0 Å². The molecule has 0 aliphatic heterocycles. The molecule has 0 aliphatic carbocycles. The van der Waals surface area contributed by atoms with E-state index in [-0.39, 0.29) is 0 Å². The summed E-state index contributed by atoms with van der Waals surface area (Å²) in [5, 5.41) is 2.82. The van der Waals surface area contributed by atoms with Gasteiger partial charge in [-0.25, -0.2) is 0 Å². The molecule has 0 aromatic carbocycles. The molecule has 0 radical (unpaired) electrons. The predicted octanol–water partition coefficient (Wildman–Crippen LogP) is 2.47. The van der Waals surface area contributed by atoms with Gasteiger partial charge >= 0.3 is 0 Å². The van der Waals surface area contributed by atoms with E-state index in [4.69, 9.17) is 18.0 Å². The summed E-state index contributed by atoms with van der Waals surface area (Å²) in [5.74, 6) is 2.59. The van der Waals surface area contributed by atoms with Crippen LogP contribution in [0.5, 0.6) is 0 Å². The van der Waals surface area contributed by atoms with Crippen molar-refractivity contribution in [2.45, 2.75) is 6.54 Å². The fraction of sp³-hybridized carbons (Fsp3) is 0.333. The van der Waals surface area contributed by atoms with Gasteiger partial charge in [-0.2, -0.15) is 0 Å². The fourth-order valence-electron chi connectivity index (χ4n) is 0.895. The van der Waals surface area contributed by atoms with Crippen LogP contribution >= 0.6 is 22.9 Å². The van der Waals surface area contributed by atoms with Crippen molar-refractivity contribution in [3.8, 4) is 12.3 Å². The highest BCUT2D eigenvalue weighted by atomic mass is 35.5. The van der Waals surface area contributed by atoms with E-state index in [1.165, 1.54) is 4.88 Å². The summed E-state index contributed by atoms with van der Waals surface area (Å²) in [6.45, 7) is 1.49. The summed E-state index contributed by atoms with van der Waals surface area (Å²) >= 11 is 7.58. The van der Waals surface area contributed by atoms with Crippen LogP contribution in [-0.2, 0) is 6.54 Å². The fourth-order valence-corrected chi connectivity index (χ4v) is 2.07. The summed E-state index contributed by atoms with van der Waals surface area (Å²) in [5.41, 5.74) is 0. The molecule has 12 heavy (non-hydrogen) atoms. The average Bonchev–Trinajstić information content (AvgIpc) is 2.37. The lowest BCUT2D eigenvalue weighted by molar-refractivity contribution is 0.373. The number of terminal acetylenes is 1. The lowest BCUT2D eigenvalue weighted by Gasteiger charge is -2.11. The SMILES string of the molecule is C#CCN(C)Cc1sccc1Cl. The Hall–Kier alpha value is -0.490. The predicted molar refractivity (Wildman–Crippen MR) is 54.5 cm³/mol. The van der Waals surface area contributed by atoms with E-state index in [0.29, 0.717) is 6.54 Å². The molecule has 0 unspecified atom stereocenters. The molecule has 0 aliphatic rings. The van der Waals surface area contributed by atoms with Crippen molar-refractivity contribution in [2.24, 2.45) is 0 Å².